The number of nitrogens with one attached hydrogen (secondary N) is 1. The van der Waals surface area contributed by atoms with E-state index in [1.54, 1.807) is 49.5 Å². The predicted molar refractivity (Wildman–Crippen MR) is 82.3 cm³/mol. The van der Waals surface area contributed by atoms with Crippen molar-refractivity contribution in [3.8, 4) is 0 Å². The molecule has 0 saturated heterocycles. The topological polar surface area (TPSA) is 68.3 Å². The van der Waals surface area contributed by atoms with Gasteiger partial charge < -0.3 is 10.1 Å². The Bertz CT molecular complexity index is 673. The molecule has 108 valence electrons. The molecule has 2 aromatic rings. The van der Waals surface area contributed by atoms with Crippen molar-refractivity contribution < 1.29 is 14.3 Å². The SMILES string of the molecule is CCOC(=O)c1ccccc1NC(=O)c1cccnc1Br. The quantitative estimate of drug-likeness (QED) is 0.680. The van der Waals surface area contributed by atoms with Gasteiger partial charge in [0.05, 0.1) is 23.4 Å². The van der Waals surface area contributed by atoms with Crippen LogP contribution in [-0.2, 0) is 4.74 Å². The molecule has 0 bridgehead atoms. The van der Waals surface area contributed by atoms with Gasteiger partial charge in [0.25, 0.3) is 5.91 Å². The summed E-state index contributed by atoms with van der Waals surface area (Å²) >= 11 is 3.22. The number of nitrogens with zero attached hydrogens (tertiary/aromatic N) is 1. The number of benzene rings is 1. The second-order valence-electron chi connectivity index (χ2n) is 4.06. The van der Waals surface area contributed by atoms with Gasteiger partial charge in [0.2, 0.25) is 0 Å². The highest BCUT2D eigenvalue weighted by atomic mass is 79.9. The number of ether oxygens (including phenoxy) is 1. The Morgan fingerprint density at radius 2 is 1.90 bits per heavy atom. The van der Waals surface area contributed by atoms with E-state index in [0.29, 0.717) is 21.4 Å². The van der Waals surface area contributed by atoms with Gasteiger partial charge >= 0.3 is 5.97 Å². The summed E-state index contributed by atoms with van der Waals surface area (Å²) in [7, 11) is 0. The lowest BCUT2D eigenvalue weighted by atomic mass is 10.1. The summed E-state index contributed by atoms with van der Waals surface area (Å²) in [5.41, 5.74) is 1.10. The molecule has 0 fully saturated rings. The van der Waals surface area contributed by atoms with Crippen molar-refractivity contribution in [3.63, 3.8) is 0 Å². The molecule has 1 aromatic heterocycles. The number of anilines is 1. The van der Waals surface area contributed by atoms with Crippen molar-refractivity contribution in [2.45, 2.75) is 6.92 Å². The fraction of sp³-hybridized carbons (Fsp3) is 0.133. The highest BCUT2D eigenvalue weighted by Crippen LogP contribution is 2.19. The molecule has 0 unspecified atom stereocenters. The van der Waals surface area contributed by atoms with Crippen molar-refractivity contribution in [1.29, 1.82) is 0 Å². The van der Waals surface area contributed by atoms with Crippen LogP contribution in [0.4, 0.5) is 5.69 Å². The number of pyridine rings is 1. The normalized spacial score (nSPS) is 10.0. The monoisotopic (exact) mass is 348 g/mol. The summed E-state index contributed by atoms with van der Waals surface area (Å²) in [6.45, 7) is 2.00. The van der Waals surface area contributed by atoms with Crippen molar-refractivity contribution in [1.82, 2.24) is 4.98 Å². The molecule has 0 aliphatic heterocycles. The molecule has 1 N–H and O–H groups in total. The van der Waals surface area contributed by atoms with Gasteiger partial charge in [-0.3, -0.25) is 4.79 Å². The van der Waals surface area contributed by atoms with E-state index in [1.165, 1.54) is 0 Å². The van der Waals surface area contributed by atoms with E-state index < -0.39 is 5.97 Å². The smallest absolute Gasteiger partial charge is 0.340 e. The third-order valence-corrected chi connectivity index (χ3v) is 3.31. The molecule has 0 radical (unpaired) electrons. The highest BCUT2D eigenvalue weighted by molar-refractivity contribution is 9.10. The largest absolute Gasteiger partial charge is 0.462 e. The number of halogens is 1. The van der Waals surface area contributed by atoms with Crippen LogP contribution in [0.15, 0.2) is 47.2 Å². The van der Waals surface area contributed by atoms with Gasteiger partial charge in [-0.1, -0.05) is 12.1 Å². The van der Waals surface area contributed by atoms with Crippen LogP contribution < -0.4 is 5.32 Å². The maximum absolute atomic E-state index is 12.2. The number of rotatable bonds is 4. The van der Waals surface area contributed by atoms with Gasteiger partial charge in [-0.05, 0) is 47.1 Å². The molecular formula is C15H13BrN2O3. The maximum atomic E-state index is 12.2. The predicted octanol–water partition coefficient (Wildman–Crippen LogP) is 3.27. The van der Waals surface area contributed by atoms with E-state index >= 15 is 0 Å². The van der Waals surface area contributed by atoms with Crippen LogP contribution in [-0.4, -0.2) is 23.5 Å². The maximum Gasteiger partial charge on any atom is 0.340 e. The molecule has 2 rings (SSSR count). The van der Waals surface area contributed by atoms with Crippen LogP contribution in [0.3, 0.4) is 0 Å². The van der Waals surface area contributed by atoms with Crippen LogP contribution in [0.25, 0.3) is 0 Å². The average molecular weight is 349 g/mol. The molecule has 0 atom stereocenters. The van der Waals surface area contributed by atoms with Crippen molar-refractivity contribution in [2.75, 3.05) is 11.9 Å². The molecule has 1 amide bonds. The second kappa shape index (κ2) is 6.99. The highest BCUT2D eigenvalue weighted by Gasteiger charge is 2.16. The van der Waals surface area contributed by atoms with Crippen LogP contribution in [0.2, 0.25) is 0 Å². The molecule has 0 aliphatic rings. The van der Waals surface area contributed by atoms with Gasteiger partial charge in [0.15, 0.2) is 0 Å². The zero-order valence-corrected chi connectivity index (χ0v) is 12.9. The number of hydrogen-bond acceptors (Lipinski definition) is 4. The minimum Gasteiger partial charge on any atom is -0.462 e. The Morgan fingerprint density at radius 1 is 1.19 bits per heavy atom. The number of carbonyl (C=O) groups is 2. The van der Waals surface area contributed by atoms with Crippen LogP contribution in [0.1, 0.15) is 27.6 Å². The average Bonchev–Trinajstić information content (AvgIpc) is 2.48. The summed E-state index contributed by atoms with van der Waals surface area (Å²) in [6.07, 6.45) is 1.58. The Morgan fingerprint density at radius 3 is 2.62 bits per heavy atom. The first-order valence-corrected chi connectivity index (χ1v) is 7.10. The van der Waals surface area contributed by atoms with E-state index in [9.17, 15) is 9.59 Å². The molecule has 0 saturated carbocycles. The van der Waals surface area contributed by atoms with Crippen molar-refractivity contribution in [2.24, 2.45) is 0 Å². The molecular weight excluding hydrogens is 336 g/mol. The number of carbonyl (C=O) groups excluding carboxylic acids is 2. The fourth-order valence-corrected chi connectivity index (χ4v) is 2.15. The Hall–Kier alpha value is -2.21. The first-order valence-electron chi connectivity index (χ1n) is 6.31. The van der Waals surface area contributed by atoms with Crippen molar-refractivity contribution >= 4 is 33.5 Å². The summed E-state index contributed by atoms with van der Waals surface area (Å²) < 4.78 is 5.41. The van der Waals surface area contributed by atoms with Gasteiger partial charge in [-0.2, -0.15) is 0 Å². The summed E-state index contributed by atoms with van der Waals surface area (Å²) in [6, 6.07) is 10.00. The standard InChI is InChI=1S/C15H13BrN2O3/c1-2-21-15(20)10-6-3-4-8-12(10)18-14(19)11-7-5-9-17-13(11)16/h3-9H,2H2,1H3,(H,18,19). The zero-order valence-electron chi connectivity index (χ0n) is 11.3. The summed E-state index contributed by atoms with van der Waals surface area (Å²) in [4.78, 5) is 28.1. The molecule has 6 heteroatoms. The summed E-state index contributed by atoms with van der Waals surface area (Å²) in [5.74, 6) is -0.828. The van der Waals surface area contributed by atoms with E-state index in [2.05, 4.69) is 26.2 Å². The lowest BCUT2D eigenvalue weighted by molar-refractivity contribution is 0.0527. The van der Waals surface area contributed by atoms with Gasteiger partial charge in [0, 0.05) is 6.20 Å². The number of amides is 1. The van der Waals surface area contributed by atoms with Crippen LogP contribution in [0.5, 0.6) is 0 Å². The Labute approximate surface area is 130 Å². The zero-order chi connectivity index (χ0) is 15.2. The number of esters is 1. The summed E-state index contributed by atoms with van der Waals surface area (Å²) in [5, 5.41) is 2.70. The first-order chi connectivity index (χ1) is 10.1. The lowest BCUT2D eigenvalue weighted by Crippen LogP contribution is -2.16. The molecule has 1 heterocycles. The van der Waals surface area contributed by atoms with Gasteiger partial charge in [-0.25, -0.2) is 9.78 Å². The van der Waals surface area contributed by atoms with E-state index in [-0.39, 0.29) is 12.5 Å². The molecule has 0 spiro atoms. The Kier molecular flexibility index (Phi) is 5.05. The van der Waals surface area contributed by atoms with E-state index in [0.717, 1.165) is 0 Å². The van der Waals surface area contributed by atoms with E-state index in [4.69, 9.17) is 4.74 Å². The van der Waals surface area contributed by atoms with Crippen LogP contribution in [0, 0.1) is 0 Å². The minimum absolute atomic E-state index is 0.273. The molecule has 21 heavy (non-hydrogen) atoms. The van der Waals surface area contributed by atoms with Gasteiger partial charge in [0.1, 0.15) is 4.60 Å². The Balaban J connectivity index is 2.26. The number of para-hydroxylation sites is 1. The lowest BCUT2D eigenvalue weighted by Gasteiger charge is -2.10. The van der Waals surface area contributed by atoms with E-state index in [1.807, 2.05) is 0 Å². The van der Waals surface area contributed by atoms with Gasteiger partial charge in [-0.15, -0.1) is 0 Å². The van der Waals surface area contributed by atoms with Crippen LogP contribution >= 0.6 is 15.9 Å². The molecule has 1 aromatic carbocycles. The fourth-order valence-electron chi connectivity index (χ4n) is 1.72. The third kappa shape index (κ3) is 3.66. The number of hydrogen-bond donors (Lipinski definition) is 1. The molecule has 0 aliphatic carbocycles. The minimum atomic E-state index is -0.473. The first kappa shape index (κ1) is 15.2. The van der Waals surface area contributed by atoms with Crippen molar-refractivity contribution in [3.05, 3.63) is 58.3 Å². The second-order valence-corrected chi connectivity index (χ2v) is 4.81. The molecule has 5 nitrogen and oxygen atoms in total. The third-order valence-electron chi connectivity index (χ3n) is 2.67. The number of aromatic nitrogens is 1.